The molecule has 6 heteroatoms. The Bertz CT molecular complexity index is 528. The minimum absolute atomic E-state index is 0.262. The van der Waals surface area contributed by atoms with Crippen molar-refractivity contribution in [1.82, 2.24) is 9.97 Å². The van der Waals surface area contributed by atoms with Gasteiger partial charge < -0.3 is 15.0 Å². The van der Waals surface area contributed by atoms with Gasteiger partial charge in [0.1, 0.15) is 10.6 Å². The second-order valence-corrected chi connectivity index (χ2v) is 5.07. The van der Waals surface area contributed by atoms with Crippen molar-refractivity contribution in [2.75, 3.05) is 38.0 Å². The van der Waals surface area contributed by atoms with Crippen molar-refractivity contribution < 1.29 is 4.74 Å². The molecule has 1 atom stereocenters. The molecule has 0 saturated heterocycles. The summed E-state index contributed by atoms with van der Waals surface area (Å²) in [7, 11) is 5.57. The first-order chi connectivity index (χ1) is 8.67. The average Bonchev–Trinajstić information content (AvgIpc) is 2.84. The van der Waals surface area contributed by atoms with E-state index >= 15 is 0 Å². The van der Waals surface area contributed by atoms with Crippen LogP contribution < -0.4 is 10.2 Å². The normalized spacial score (nSPS) is 12.7. The number of nitrogens with zero attached hydrogens (tertiary/aromatic N) is 3. The van der Waals surface area contributed by atoms with Gasteiger partial charge in [0, 0.05) is 21.2 Å². The van der Waals surface area contributed by atoms with Crippen molar-refractivity contribution in [2.45, 2.75) is 13.0 Å². The van der Waals surface area contributed by atoms with Gasteiger partial charge in [-0.1, -0.05) is 0 Å². The molecule has 0 amide bonds. The van der Waals surface area contributed by atoms with Gasteiger partial charge in [0.15, 0.2) is 0 Å². The number of likely N-dealkylation sites (N-methyl/N-ethyl adjacent to an activating group) is 1. The maximum absolute atomic E-state index is 5.20. The smallest absolute Gasteiger partial charge is 0.225 e. The van der Waals surface area contributed by atoms with Gasteiger partial charge in [-0.15, -0.1) is 11.3 Å². The molecule has 18 heavy (non-hydrogen) atoms. The minimum atomic E-state index is 0.262. The molecule has 0 spiro atoms. The molecule has 2 heterocycles. The zero-order valence-electron chi connectivity index (χ0n) is 11.1. The van der Waals surface area contributed by atoms with Crippen molar-refractivity contribution >= 4 is 33.3 Å². The van der Waals surface area contributed by atoms with Crippen LogP contribution in [0.15, 0.2) is 11.4 Å². The molecule has 0 saturated carbocycles. The van der Waals surface area contributed by atoms with Crippen LogP contribution in [0.5, 0.6) is 0 Å². The summed E-state index contributed by atoms with van der Waals surface area (Å²) in [5.41, 5.74) is 0. The van der Waals surface area contributed by atoms with E-state index in [9.17, 15) is 0 Å². The van der Waals surface area contributed by atoms with Crippen LogP contribution in [-0.4, -0.2) is 43.8 Å². The molecule has 0 aliphatic rings. The highest BCUT2D eigenvalue weighted by atomic mass is 32.1. The van der Waals surface area contributed by atoms with Crippen LogP contribution in [0.25, 0.3) is 10.2 Å². The highest BCUT2D eigenvalue weighted by molar-refractivity contribution is 7.16. The lowest BCUT2D eigenvalue weighted by molar-refractivity contribution is 0.183. The van der Waals surface area contributed by atoms with E-state index in [4.69, 9.17) is 4.74 Å². The number of hydrogen-bond acceptors (Lipinski definition) is 6. The zero-order chi connectivity index (χ0) is 13.1. The highest BCUT2D eigenvalue weighted by Crippen LogP contribution is 2.29. The summed E-state index contributed by atoms with van der Waals surface area (Å²) >= 11 is 1.62. The van der Waals surface area contributed by atoms with Gasteiger partial charge in [-0.2, -0.15) is 4.98 Å². The molecule has 98 valence electrons. The van der Waals surface area contributed by atoms with Crippen LogP contribution in [0.1, 0.15) is 6.92 Å². The molecule has 0 aliphatic heterocycles. The lowest BCUT2D eigenvalue weighted by Gasteiger charge is -2.26. The molecule has 2 aromatic heterocycles. The molecule has 2 rings (SSSR count). The third-order valence-corrected chi connectivity index (χ3v) is 3.74. The fourth-order valence-corrected chi connectivity index (χ4v) is 2.54. The number of rotatable bonds is 5. The molecule has 1 unspecified atom stereocenters. The van der Waals surface area contributed by atoms with Crippen molar-refractivity contribution in [3.63, 3.8) is 0 Å². The van der Waals surface area contributed by atoms with Crippen molar-refractivity contribution in [3.05, 3.63) is 11.4 Å². The first-order valence-electron chi connectivity index (χ1n) is 5.82. The molecule has 2 aromatic rings. The second-order valence-electron chi connectivity index (χ2n) is 4.18. The molecule has 0 bridgehead atoms. The van der Waals surface area contributed by atoms with Crippen LogP contribution in [0, 0.1) is 0 Å². The minimum Gasteiger partial charge on any atom is -0.383 e. The summed E-state index contributed by atoms with van der Waals surface area (Å²) in [5.74, 6) is 1.59. The van der Waals surface area contributed by atoms with E-state index in [1.807, 2.05) is 19.5 Å². The van der Waals surface area contributed by atoms with Gasteiger partial charge in [0.05, 0.1) is 18.0 Å². The SMILES string of the molecule is CNc1nc(N(C)C(C)COC)c2ccsc2n1. The molecule has 5 nitrogen and oxygen atoms in total. The number of aromatic nitrogens is 2. The summed E-state index contributed by atoms with van der Waals surface area (Å²) < 4.78 is 5.20. The van der Waals surface area contributed by atoms with Gasteiger partial charge in [-0.25, -0.2) is 4.98 Å². The second kappa shape index (κ2) is 5.49. The first kappa shape index (κ1) is 13.0. The van der Waals surface area contributed by atoms with E-state index in [1.54, 1.807) is 18.4 Å². The van der Waals surface area contributed by atoms with Crippen LogP contribution in [-0.2, 0) is 4.74 Å². The Kier molecular flexibility index (Phi) is 3.98. The Morgan fingerprint density at radius 2 is 2.28 bits per heavy atom. The zero-order valence-corrected chi connectivity index (χ0v) is 11.9. The summed E-state index contributed by atoms with van der Waals surface area (Å²) in [6.45, 7) is 2.78. The average molecular weight is 266 g/mol. The van der Waals surface area contributed by atoms with Crippen LogP contribution in [0.3, 0.4) is 0 Å². The monoisotopic (exact) mass is 266 g/mol. The molecular weight excluding hydrogens is 248 g/mol. The largest absolute Gasteiger partial charge is 0.383 e. The van der Waals surface area contributed by atoms with E-state index in [1.165, 1.54) is 0 Å². The fourth-order valence-electron chi connectivity index (χ4n) is 1.78. The van der Waals surface area contributed by atoms with Crippen molar-refractivity contribution in [1.29, 1.82) is 0 Å². The van der Waals surface area contributed by atoms with Crippen molar-refractivity contribution in [2.24, 2.45) is 0 Å². The Morgan fingerprint density at radius 1 is 1.50 bits per heavy atom. The third-order valence-electron chi connectivity index (χ3n) is 2.93. The summed E-state index contributed by atoms with van der Waals surface area (Å²) in [6, 6.07) is 2.32. The summed E-state index contributed by atoms with van der Waals surface area (Å²) in [4.78, 5) is 12.1. The predicted molar refractivity (Wildman–Crippen MR) is 76.7 cm³/mol. The Morgan fingerprint density at radius 3 is 2.94 bits per heavy atom. The fraction of sp³-hybridized carbons (Fsp3) is 0.500. The number of anilines is 2. The Labute approximate surface area is 111 Å². The van der Waals surface area contributed by atoms with Crippen LogP contribution >= 0.6 is 11.3 Å². The standard InChI is InChI=1S/C12H18N4OS/c1-8(7-17-4)16(3)10-9-5-6-18-11(9)15-12(13-2)14-10/h5-6,8H,7H2,1-4H3,(H,13,14,15). The van der Waals surface area contributed by atoms with Gasteiger partial charge >= 0.3 is 0 Å². The third kappa shape index (κ3) is 2.39. The van der Waals surface area contributed by atoms with E-state index < -0.39 is 0 Å². The summed E-state index contributed by atoms with van der Waals surface area (Å²) in [6.07, 6.45) is 0. The van der Waals surface area contributed by atoms with E-state index in [-0.39, 0.29) is 6.04 Å². The Balaban J connectivity index is 2.44. The van der Waals surface area contributed by atoms with E-state index in [2.05, 4.69) is 33.2 Å². The maximum Gasteiger partial charge on any atom is 0.225 e. The van der Waals surface area contributed by atoms with E-state index in [0.29, 0.717) is 12.6 Å². The van der Waals surface area contributed by atoms with Crippen molar-refractivity contribution in [3.8, 4) is 0 Å². The number of methoxy groups -OCH3 is 1. The predicted octanol–water partition coefficient (Wildman–Crippen LogP) is 2.20. The Hall–Kier alpha value is -1.40. The van der Waals surface area contributed by atoms with Crippen LogP contribution in [0.4, 0.5) is 11.8 Å². The number of ether oxygens (including phenoxy) is 1. The van der Waals surface area contributed by atoms with Gasteiger partial charge in [0.2, 0.25) is 5.95 Å². The molecule has 0 aliphatic carbocycles. The van der Waals surface area contributed by atoms with Gasteiger partial charge in [-0.05, 0) is 18.4 Å². The van der Waals surface area contributed by atoms with Crippen LogP contribution in [0.2, 0.25) is 0 Å². The molecular formula is C12H18N4OS. The molecule has 0 radical (unpaired) electrons. The molecule has 0 aromatic carbocycles. The highest BCUT2D eigenvalue weighted by Gasteiger charge is 2.16. The topological polar surface area (TPSA) is 50.3 Å². The first-order valence-corrected chi connectivity index (χ1v) is 6.70. The lowest BCUT2D eigenvalue weighted by Crippen LogP contribution is -2.33. The quantitative estimate of drug-likeness (QED) is 0.899. The number of fused-ring (bicyclic) bond motifs is 1. The number of thiophene rings is 1. The molecule has 0 fully saturated rings. The van der Waals surface area contributed by atoms with E-state index in [0.717, 1.165) is 16.0 Å². The maximum atomic E-state index is 5.20. The number of nitrogens with one attached hydrogen (secondary N) is 1. The van der Waals surface area contributed by atoms with Gasteiger partial charge in [0.25, 0.3) is 0 Å². The van der Waals surface area contributed by atoms with Gasteiger partial charge in [-0.3, -0.25) is 0 Å². The molecule has 1 N–H and O–H groups in total. The number of hydrogen-bond donors (Lipinski definition) is 1. The lowest BCUT2D eigenvalue weighted by atomic mass is 10.3. The summed E-state index contributed by atoms with van der Waals surface area (Å²) in [5, 5.41) is 6.13.